The molecule has 1 aliphatic heterocycles. The Labute approximate surface area is 209 Å². The minimum atomic E-state index is -3.59. The van der Waals surface area contributed by atoms with Gasteiger partial charge in [0.2, 0.25) is 10.0 Å². The van der Waals surface area contributed by atoms with Crippen LogP contribution in [0.5, 0.6) is 5.75 Å². The predicted octanol–water partition coefficient (Wildman–Crippen LogP) is 5.68. The first-order valence-corrected chi connectivity index (χ1v) is 13.6. The summed E-state index contributed by atoms with van der Waals surface area (Å²) in [6, 6.07) is 21.8. The summed E-state index contributed by atoms with van der Waals surface area (Å²) >= 11 is 7.84. The van der Waals surface area contributed by atoms with Gasteiger partial charge in [-0.15, -0.1) is 0 Å². The molecule has 178 valence electrons. The van der Waals surface area contributed by atoms with E-state index in [1.807, 2.05) is 54.6 Å². The molecule has 1 heterocycles. The van der Waals surface area contributed by atoms with Crippen LogP contribution in [0.3, 0.4) is 0 Å². The third-order valence-corrected chi connectivity index (χ3v) is 8.62. The molecule has 4 rings (SSSR count). The summed E-state index contributed by atoms with van der Waals surface area (Å²) in [5, 5.41) is 3.01. The Kier molecular flexibility index (Phi) is 8.15. The lowest BCUT2D eigenvalue weighted by Crippen LogP contribution is -2.35. The monoisotopic (exact) mass is 516 g/mol. The molecule has 3 aromatic carbocycles. The van der Waals surface area contributed by atoms with Crippen LogP contribution < -0.4 is 10.1 Å². The molecule has 0 radical (unpaired) electrons. The number of piperidine rings is 1. The largest absolute Gasteiger partial charge is 0.482 e. The Balaban J connectivity index is 1.38. The lowest BCUT2D eigenvalue weighted by Gasteiger charge is -2.26. The molecule has 1 aliphatic rings. The second kappa shape index (κ2) is 11.3. The minimum absolute atomic E-state index is 0.128. The number of ether oxygens (including phenoxy) is 1. The van der Waals surface area contributed by atoms with Gasteiger partial charge in [0.1, 0.15) is 5.75 Å². The van der Waals surface area contributed by atoms with Crippen molar-refractivity contribution < 1.29 is 17.9 Å². The first kappa shape index (κ1) is 24.6. The van der Waals surface area contributed by atoms with Crippen molar-refractivity contribution in [1.82, 2.24) is 4.31 Å². The Bertz CT molecular complexity index is 1250. The molecule has 3 aromatic rings. The smallest absolute Gasteiger partial charge is 0.262 e. The summed E-state index contributed by atoms with van der Waals surface area (Å²) in [4.78, 5) is 14.6. The van der Waals surface area contributed by atoms with E-state index in [1.165, 1.54) is 22.5 Å². The van der Waals surface area contributed by atoms with Gasteiger partial charge in [0, 0.05) is 22.9 Å². The molecule has 1 amide bonds. The van der Waals surface area contributed by atoms with Crippen LogP contribution in [0.15, 0.2) is 87.5 Å². The number of para-hydroxylation sites is 1. The third-order valence-electron chi connectivity index (χ3n) is 5.35. The topological polar surface area (TPSA) is 75.7 Å². The molecule has 0 atom stereocenters. The van der Waals surface area contributed by atoms with E-state index < -0.39 is 10.0 Å². The lowest BCUT2D eigenvalue weighted by molar-refractivity contribution is -0.118. The fourth-order valence-corrected chi connectivity index (χ4v) is 6.38. The van der Waals surface area contributed by atoms with Crippen LogP contribution in [0.2, 0.25) is 5.02 Å². The molecular formula is C25H25ClN2O4S2. The van der Waals surface area contributed by atoms with E-state index in [0.717, 1.165) is 29.1 Å². The molecule has 0 aromatic heterocycles. The number of nitrogens with one attached hydrogen (secondary N) is 1. The number of halogens is 1. The number of sulfonamides is 1. The zero-order chi connectivity index (χ0) is 24.0. The highest BCUT2D eigenvalue weighted by atomic mass is 35.5. The zero-order valence-electron chi connectivity index (χ0n) is 18.4. The molecule has 0 bridgehead atoms. The van der Waals surface area contributed by atoms with Crippen molar-refractivity contribution in [2.75, 3.05) is 25.0 Å². The molecule has 0 saturated carbocycles. The number of carbonyl (C=O) groups is 1. The first-order chi connectivity index (χ1) is 16.4. The van der Waals surface area contributed by atoms with Crippen molar-refractivity contribution in [2.24, 2.45) is 0 Å². The van der Waals surface area contributed by atoms with Crippen molar-refractivity contribution in [1.29, 1.82) is 0 Å². The van der Waals surface area contributed by atoms with Gasteiger partial charge in [-0.25, -0.2) is 8.42 Å². The molecule has 0 unspecified atom stereocenters. The fourth-order valence-electron chi connectivity index (χ4n) is 3.62. The Hall–Kier alpha value is -2.52. The van der Waals surface area contributed by atoms with Crippen LogP contribution in [0.1, 0.15) is 19.3 Å². The van der Waals surface area contributed by atoms with Gasteiger partial charge in [0.25, 0.3) is 5.91 Å². The molecule has 6 nitrogen and oxygen atoms in total. The summed E-state index contributed by atoms with van der Waals surface area (Å²) in [5.41, 5.74) is 0.680. The number of anilines is 1. The summed E-state index contributed by atoms with van der Waals surface area (Å²) < 4.78 is 32.8. The number of carbonyl (C=O) groups excluding carboxylic acids is 1. The standard InChI is InChI=1S/C25H25ClN2O4S2/c26-21-17-20(34(30,31)28-15-7-2-8-16-28)13-14-23(21)32-18-25(29)27-22-11-5-6-12-24(22)33-19-9-3-1-4-10-19/h1,3-6,9-14,17H,2,7-8,15-16,18H2,(H,27,29). The van der Waals surface area contributed by atoms with Gasteiger partial charge in [-0.1, -0.05) is 60.1 Å². The highest BCUT2D eigenvalue weighted by Gasteiger charge is 2.26. The number of hydrogen-bond acceptors (Lipinski definition) is 5. The van der Waals surface area contributed by atoms with Crippen LogP contribution in [0.25, 0.3) is 0 Å². The molecule has 9 heteroatoms. The van der Waals surface area contributed by atoms with Crippen molar-refractivity contribution in [3.63, 3.8) is 0 Å². The van der Waals surface area contributed by atoms with E-state index in [9.17, 15) is 13.2 Å². The van der Waals surface area contributed by atoms with Gasteiger partial charge in [0.15, 0.2) is 6.61 Å². The predicted molar refractivity (Wildman–Crippen MR) is 135 cm³/mol. The van der Waals surface area contributed by atoms with Crippen LogP contribution in [-0.2, 0) is 14.8 Å². The molecule has 0 spiro atoms. The van der Waals surface area contributed by atoms with Crippen molar-refractivity contribution >= 4 is 45.0 Å². The van der Waals surface area contributed by atoms with E-state index in [0.29, 0.717) is 18.8 Å². The SMILES string of the molecule is O=C(COc1ccc(S(=O)(=O)N2CCCCC2)cc1Cl)Nc1ccccc1Sc1ccccc1. The van der Waals surface area contributed by atoms with Gasteiger partial charge in [0.05, 0.1) is 15.6 Å². The third kappa shape index (κ3) is 6.13. The second-order valence-electron chi connectivity index (χ2n) is 7.81. The van der Waals surface area contributed by atoms with Crippen molar-refractivity contribution in [2.45, 2.75) is 33.9 Å². The number of nitrogens with zero attached hydrogens (tertiary/aromatic N) is 1. The molecule has 1 saturated heterocycles. The van der Waals surface area contributed by atoms with Gasteiger partial charge < -0.3 is 10.1 Å². The summed E-state index contributed by atoms with van der Waals surface area (Å²) in [6.45, 7) is 0.771. The van der Waals surface area contributed by atoms with E-state index in [-0.39, 0.29) is 28.2 Å². The fraction of sp³-hybridized carbons (Fsp3) is 0.240. The van der Waals surface area contributed by atoms with Gasteiger partial charge in [-0.2, -0.15) is 4.31 Å². The minimum Gasteiger partial charge on any atom is -0.482 e. The average molecular weight is 517 g/mol. The van der Waals surface area contributed by atoms with Crippen LogP contribution in [-0.4, -0.2) is 38.3 Å². The second-order valence-corrected chi connectivity index (χ2v) is 11.3. The first-order valence-electron chi connectivity index (χ1n) is 11.0. The Morgan fingerprint density at radius 3 is 2.41 bits per heavy atom. The van der Waals surface area contributed by atoms with E-state index in [1.54, 1.807) is 11.8 Å². The Morgan fingerprint density at radius 1 is 0.971 bits per heavy atom. The summed E-state index contributed by atoms with van der Waals surface area (Å²) in [5.74, 6) is -0.0939. The van der Waals surface area contributed by atoms with Crippen LogP contribution >= 0.6 is 23.4 Å². The Morgan fingerprint density at radius 2 is 1.68 bits per heavy atom. The molecule has 1 fully saturated rings. The van der Waals surface area contributed by atoms with Crippen molar-refractivity contribution in [3.8, 4) is 5.75 Å². The van der Waals surface area contributed by atoms with E-state index in [4.69, 9.17) is 16.3 Å². The van der Waals surface area contributed by atoms with Gasteiger partial charge in [-0.3, -0.25) is 4.79 Å². The maximum atomic E-state index is 12.8. The maximum Gasteiger partial charge on any atom is 0.262 e. The highest BCUT2D eigenvalue weighted by Crippen LogP contribution is 2.33. The molecule has 0 aliphatic carbocycles. The molecule has 34 heavy (non-hydrogen) atoms. The van der Waals surface area contributed by atoms with Gasteiger partial charge in [-0.05, 0) is 55.3 Å². The lowest BCUT2D eigenvalue weighted by atomic mass is 10.2. The van der Waals surface area contributed by atoms with Crippen LogP contribution in [0, 0.1) is 0 Å². The number of hydrogen-bond donors (Lipinski definition) is 1. The average Bonchev–Trinajstić information content (AvgIpc) is 2.85. The number of amides is 1. The summed E-state index contributed by atoms with van der Waals surface area (Å²) in [6.07, 6.45) is 2.75. The van der Waals surface area contributed by atoms with Crippen LogP contribution in [0.4, 0.5) is 5.69 Å². The number of rotatable bonds is 8. The summed E-state index contributed by atoms with van der Waals surface area (Å²) in [7, 11) is -3.59. The van der Waals surface area contributed by atoms with Crippen molar-refractivity contribution in [3.05, 3.63) is 77.8 Å². The maximum absolute atomic E-state index is 12.8. The quantitative estimate of drug-likeness (QED) is 0.416. The molecule has 1 N–H and O–H groups in total. The number of benzene rings is 3. The highest BCUT2D eigenvalue weighted by molar-refractivity contribution is 7.99. The zero-order valence-corrected chi connectivity index (χ0v) is 20.8. The molecular weight excluding hydrogens is 492 g/mol. The van der Waals surface area contributed by atoms with E-state index in [2.05, 4.69) is 5.32 Å². The van der Waals surface area contributed by atoms with Gasteiger partial charge >= 0.3 is 0 Å². The normalized spacial score (nSPS) is 14.5. The van der Waals surface area contributed by atoms with E-state index >= 15 is 0 Å².